The number of amides is 1. The van der Waals surface area contributed by atoms with Gasteiger partial charge in [-0.05, 0) is 61.9 Å². The molecule has 0 aliphatic heterocycles. The molecule has 0 radical (unpaired) electrons. The highest BCUT2D eigenvalue weighted by Crippen LogP contribution is 2.25. The van der Waals surface area contributed by atoms with Gasteiger partial charge in [-0.2, -0.15) is 0 Å². The van der Waals surface area contributed by atoms with Crippen LogP contribution in [-0.2, 0) is 21.4 Å². The summed E-state index contributed by atoms with van der Waals surface area (Å²) in [5, 5.41) is 2.76. The standard InChI is InChI=1S/C23H25N3O4S/c1-3-26(31(28,29)22-12-6-18(2)7-13-22)20-8-10-21(11-9-20)30-17-23(27)25-16-19-5-4-14-24-15-19/h4-15H,3,16-17H2,1-2H3,(H,25,27). The highest BCUT2D eigenvalue weighted by Gasteiger charge is 2.23. The topological polar surface area (TPSA) is 88.6 Å². The van der Waals surface area contributed by atoms with E-state index < -0.39 is 10.0 Å². The Hall–Kier alpha value is -3.39. The van der Waals surface area contributed by atoms with E-state index in [0.29, 0.717) is 18.0 Å². The summed E-state index contributed by atoms with van der Waals surface area (Å²) in [5.74, 6) is 0.217. The smallest absolute Gasteiger partial charge is 0.264 e. The Morgan fingerprint density at radius 3 is 2.39 bits per heavy atom. The number of ether oxygens (including phenoxy) is 1. The Balaban J connectivity index is 1.60. The average Bonchev–Trinajstić information content (AvgIpc) is 2.78. The van der Waals surface area contributed by atoms with Crippen LogP contribution in [0, 0.1) is 6.92 Å². The predicted molar refractivity (Wildman–Crippen MR) is 119 cm³/mol. The summed E-state index contributed by atoms with van der Waals surface area (Å²) in [4.78, 5) is 16.2. The Bertz CT molecular complexity index is 1100. The summed E-state index contributed by atoms with van der Waals surface area (Å²) >= 11 is 0. The third kappa shape index (κ3) is 5.82. The molecule has 3 aromatic rings. The Kier molecular flexibility index (Phi) is 7.25. The van der Waals surface area contributed by atoms with E-state index in [-0.39, 0.29) is 24.0 Å². The summed E-state index contributed by atoms with van der Waals surface area (Å²) < 4.78 is 32.9. The average molecular weight is 440 g/mol. The van der Waals surface area contributed by atoms with Crippen LogP contribution in [0.3, 0.4) is 0 Å². The second kappa shape index (κ2) is 10.1. The number of hydrogen-bond acceptors (Lipinski definition) is 5. The fourth-order valence-electron chi connectivity index (χ4n) is 2.94. The van der Waals surface area contributed by atoms with Crippen molar-refractivity contribution in [1.29, 1.82) is 0 Å². The van der Waals surface area contributed by atoms with Crippen molar-refractivity contribution < 1.29 is 17.9 Å². The van der Waals surface area contributed by atoms with Crippen molar-refractivity contribution in [3.63, 3.8) is 0 Å². The molecule has 8 heteroatoms. The third-order valence-electron chi connectivity index (χ3n) is 4.60. The third-order valence-corrected chi connectivity index (χ3v) is 6.52. The number of benzene rings is 2. The maximum Gasteiger partial charge on any atom is 0.264 e. The van der Waals surface area contributed by atoms with Gasteiger partial charge in [0.1, 0.15) is 5.75 Å². The molecule has 0 bridgehead atoms. The SMILES string of the molecule is CCN(c1ccc(OCC(=O)NCc2cccnc2)cc1)S(=O)(=O)c1ccc(C)cc1. The molecule has 0 aliphatic carbocycles. The molecule has 0 unspecified atom stereocenters. The van der Waals surface area contributed by atoms with Crippen LogP contribution in [0.1, 0.15) is 18.1 Å². The second-order valence-electron chi connectivity index (χ2n) is 6.90. The molecular formula is C23H25N3O4S. The van der Waals surface area contributed by atoms with E-state index in [4.69, 9.17) is 4.74 Å². The molecule has 0 saturated carbocycles. The van der Waals surface area contributed by atoms with Crippen LogP contribution in [0.25, 0.3) is 0 Å². The summed E-state index contributed by atoms with van der Waals surface area (Å²) in [6.07, 6.45) is 3.35. The maximum absolute atomic E-state index is 13.0. The minimum atomic E-state index is -3.67. The molecule has 0 atom stereocenters. The number of aryl methyl sites for hydroxylation is 1. The fourth-order valence-corrected chi connectivity index (χ4v) is 4.41. The first-order valence-electron chi connectivity index (χ1n) is 9.88. The molecule has 1 amide bonds. The lowest BCUT2D eigenvalue weighted by Gasteiger charge is -2.23. The van der Waals surface area contributed by atoms with Gasteiger partial charge in [0.25, 0.3) is 15.9 Å². The van der Waals surface area contributed by atoms with E-state index in [1.54, 1.807) is 73.9 Å². The van der Waals surface area contributed by atoms with Crippen LogP contribution >= 0.6 is 0 Å². The molecule has 3 rings (SSSR count). The van der Waals surface area contributed by atoms with E-state index >= 15 is 0 Å². The molecule has 0 spiro atoms. The number of carbonyl (C=O) groups excluding carboxylic acids is 1. The van der Waals surface area contributed by atoms with Gasteiger partial charge in [0.2, 0.25) is 0 Å². The van der Waals surface area contributed by atoms with Crippen LogP contribution in [0.4, 0.5) is 5.69 Å². The highest BCUT2D eigenvalue weighted by molar-refractivity contribution is 7.92. The van der Waals surface area contributed by atoms with Gasteiger partial charge >= 0.3 is 0 Å². The first-order chi connectivity index (χ1) is 14.9. The van der Waals surface area contributed by atoms with Gasteiger partial charge in [-0.25, -0.2) is 8.42 Å². The first kappa shape index (κ1) is 22.3. The van der Waals surface area contributed by atoms with Gasteiger partial charge in [-0.3, -0.25) is 14.1 Å². The van der Waals surface area contributed by atoms with Gasteiger partial charge in [0.05, 0.1) is 10.6 Å². The van der Waals surface area contributed by atoms with E-state index in [0.717, 1.165) is 11.1 Å². The van der Waals surface area contributed by atoms with E-state index in [2.05, 4.69) is 10.3 Å². The van der Waals surface area contributed by atoms with Crippen molar-refractivity contribution in [2.45, 2.75) is 25.3 Å². The second-order valence-corrected chi connectivity index (χ2v) is 8.77. The predicted octanol–water partition coefficient (Wildman–Crippen LogP) is 3.30. The van der Waals surface area contributed by atoms with Crippen molar-refractivity contribution in [3.05, 3.63) is 84.2 Å². The number of carbonyl (C=O) groups is 1. The Morgan fingerprint density at radius 1 is 1.06 bits per heavy atom. The molecule has 0 saturated heterocycles. The number of nitrogens with one attached hydrogen (secondary N) is 1. The van der Waals surface area contributed by atoms with Crippen molar-refractivity contribution in [2.24, 2.45) is 0 Å². The van der Waals surface area contributed by atoms with Crippen LogP contribution in [0.2, 0.25) is 0 Å². The number of anilines is 1. The lowest BCUT2D eigenvalue weighted by Crippen LogP contribution is -2.30. The molecule has 31 heavy (non-hydrogen) atoms. The normalized spacial score (nSPS) is 11.0. The number of hydrogen-bond donors (Lipinski definition) is 1. The maximum atomic E-state index is 13.0. The van der Waals surface area contributed by atoms with Crippen molar-refractivity contribution in [1.82, 2.24) is 10.3 Å². The molecule has 1 N–H and O–H groups in total. The summed E-state index contributed by atoms with van der Waals surface area (Å²) in [7, 11) is -3.67. The van der Waals surface area contributed by atoms with Crippen LogP contribution in [0.5, 0.6) is 5.75 Å². The lowest BCUT2D eigenvalue weighted by molar-refractivity contribution is -0.123. The minimum Gasteiger partial charge on any atom is -0.484 e. The molecule has 162 valence electrons. The zero-order valence-corrected chi connectivity index (χ0v) is 18.3. The van der Waals surface area contributed by atoms with Crippen LogP contribution in [-0.4, -0.2) is 32.5 Å². The zero-order chi connectivity index (χ0) is 22.3. The van der Waals surface area contributed by atoms with Gasteiger partial charge in [0, 0.05) is 25.5 Å². The van der Waals surface area contributed by atoms with Crippen LogP contribution < -0.4 is 14.4 Å². The van der Waals surface area contributed by atoms with Crippen LogP contribution in [0.15, 0.2) is 78.0 Å². The highest BCUT2D eigenvalue weighted by atomic mass is 32.2. The number of nitrogens with zero attached hydrogens (tertiary/aromatic N) is 2. The number of rotatable bonds is 9. The fraction of sp³-hybridized carbons (Fsp3) is 0.217. The largest absolute Gasteiger partial charge is 0.484 e. The first-order valence-corrected chi connectivity index (χ1v) is 11.3. The molecule has 1 aromatic heterocycles. The van der Waals surface area contributed by atoms with Gasteiger partial charge in [-0.1, -0.05) is 23.8 Å². The summed E-state index contributed by atoms with van der Waals surface area (Å²) in [5.41, 5.74) is 2.42. The zero-order valence-electron chi connectivity index (χ0n) is 17.5. The summed E-state index contributed by atoms with van der Waals surface area (Å²) in [6.45, 7) is 4.21. The van der Waals surface area contributed by atoms with E-state index in [9.17, 15) is 13.2 Å². The number of pyridine rings is 1. The molecule has 0 fully saturated rings. The number of aromatic nitrogens is 1. The number of sulfonamides is 1. The Morgan fingerprint density at radius 2 is 1.77 bits per heavy atom. The van der Waals surface area contributed by atoms with Crippen molar-refractivity contribution in [3.8, 4) is 5.75 Å². The molecule has 0 aliphatic rings. The van der Waals surface area contributed by atoms with E-state index in [1.165, 1.54) is 4.31 Å². The Labute approximate surface area is 182 Å². The minimum absolute atomic E-state index is 0.140. The molecule has 1 heterocycles. The quantitative estimate of drug-likeness (QED) is 0.553. The van der Waals surface area contributed by atoms with E-state index in [1.807, 2.05) is 13.0 Å². The van der Waals surface area contributed by atoms with Gasteiger partial charge in [-0.15, -0.1) is 0 Å². The molecule has 7 nitrogen and oxygen atoms in total. The van der Waals surface area contributed by atoms with Crippen molar-refractivity contribution >= 4 is 21.6 Å². The van der Waals surface area contributed by atoms with Gasteiger partial charge < -0.3 is 10.1 Å². The monoisotopic (exact) mass is 439 g/mol. The van der Waals surface area contributed by atoms with Gasteiger partial charge in [0.15, 0.2) is 6.61 Å². The molecular weight excluding hydrogens is 414 g/mol. The lowest BCUT2D eigenvalue weighted by atomic mass is 10.2. The van der Waals surface area contributed by atoms with Crippen molar-refractivity contribution in [2.75, 3.05) is 17.5 Å². The molecule has 2 aromatic carbocycles. The summed E-state index contributed by atoms with van der Waals surface area (Å²) in [6, 6.07) is 17.1.